The van der Waals surface area contributed by atoms with Crippen molar-refractivity contribution in [1.29, 1.82) is 0 Å². The van der Waals surface area contributed by atoms with E-state index in [0.29, 0.717) is 22.5 Å². The average Bonchev–Trinajstić information content (AvgIpc) is 3.03. The van der Waals surface area contributed by atoms with E-state index in [4.69, 9.17) is 0 Å². The zero-order valence-corrected chi connectivity index (χ0v) is 15.2. The van der Waals surface area contributed by atoms with Gasteiger partial charge in [-0.1, -0.05) is 18.2 Å². The molecule has 1 N–H and O–H groups in total. The van der Waals surface area contributed by atoms with E-state index >= 15 is 0 Å². The second kappa shape index (κ2) is 7.41. The Labute approximate surface area is 156 Å². The van der Waals surface area contributed by atoms with Gasteiger partial charge >= 0.3 is 0 Å². The molecule has 3 aromatic rings. The van der Waals surface area contributed by atoms with Crippen molar-refractivity contribution in [3.8, 4) is 5.69 Å². The summed E-state index contributed by atoms with van der Waals surface area (Å²) in [6.45, 7) is 1.69. The van der Waals surface area contributed by atoms with Crippen LogP contribution in [0.25, 0.3) is 5.69 Å². The van der Waals surface area contributed by atoms with Gasteiger partial charge in [0.25, 0.3) is 11.8 Å². The normalized spacial score (nSPS) is 10.5. The Morgan fingerprint density at radius 3 is 2.56 bits per heavy atom. The molecule has 0 aliphatic carbocycles. The number of carbonyl (C=O) groups excluding carboxylic acids is 2. The van der Waals surface area contributed by atoms with Crippen LogP contribution in [0.1, 0.15) is 26.4 Å². The Morgan fingerprint density at radius 1 is 1.11 bits per heavy atom. The lowest BCUT2D eigenvalue weighted by molar-refractivity contribution is 0.0827. The van der Waals surface area contributed by atoms with Crippen molar-refractivity contribution in [2.75, 3.05) is 19.4 Å². The van der Waals surface area contributed by atoms with Gasteiger partial charge in [-0.15, -0.1) is 0 Å². The van der Waals surface area contributed by atoms with Crippen LogP contribution in [0, 0.1) is 12.7 Å². The highest BCUT2D eigenvalue weighted by Gasteiger charge is 2.17. The first-order valence-electron chi connectivity index (χ1n) is 8.31. The first-order valence-corrected chi connectivity index (χ1v) is 8.31. The van der Waals surface area contributed by atoms with Gasteiger partial charge in [-0.05, 0) is 37.3 Å². The van der Waals surface area contributed by atoms with Gasteiger partial charge in [-0.2, -0.15) is 5.10 Å². The smallest absolute Gasteiger partial charge is 0.259 e. The summed E-state index contributed by atoms with van der Waals surface area (Å²) >= 11 is 0. The van der Waals surface area contributed by atoms with Crippen LogP contribution in [0.3, 0.4) is 0 Å². The quantitative estimate of drug-likeness (QED) is 0.771. The van der Waals surface area contributed by atoms with Crippen LogP contribution in [0.2, 0.25) is 0 Å². The van der Waals surface area contributed by atoms with E-state index in [-0.39, 0.29) is 17.5 Å². The van der Waals surface area contributed by atoms with E-state index in [1.54, 1.807) is 63.5 Å². The maximum absolute atomic E-state index is 14.0. The van der Waals surface area contributed by atoms with E-state index in [1.165, 1.54) is 21.8 Å². The molecule has 27 heavy (non-hydrogen) atoms. The minimum absolute atomic E-state index is 0.158. The number of nitrogens with zero attached hydrogens (tertiary/aromatic N) is 3. The van der Waals surface area contributed by atoms with Crippen LogP contribution >= 0.6 is 0 Å². The molecule has 2 amide bonds. The predicted octanol–water partition coefficient (Wildman–Crippen LogP) is 3.27. The zero-order chi connectivity index (χ0) is 19.6. The van der Waals surface area contributed by atoms with Gasteiger partial charge in [0.1, 0.15) is 11.5 Å². The zero-order valence-electron chi connectivity index (χ0n) is 15.2. The fourth-order valence-corrected chi connectivity index (χ4v) is 2.69. The number of aromatic nitrogens is 2. The molecule has 3 rings (SSSR count). The molecule has 2 aromatic carbocycles. The van der Waals surface area contributed by atoms with Crippen molar-refractivity contribution in [1.82, 2.24) is 14.7 Å². The molecule has 0 spiro atoms. The number of anilines is 1. The standard InChI is InChI=1S/C20H19FN4O2/c1-13-16(12-22-25(13)18-10-5-4-9-17(18)21)19(26)23-15-8-6-7-14(11-15)20(27)24(2)3/h4-12H,1-3H3,(H,23,26). The molecule has 0 saturated heterocycles. The van der Waals surface area contributed by atoms with Gasteiger partial charge in [-0.25, -0.2) is 9.07 Å². The highest BCUT2D eigenvalue weighted by atomic mass is 19.1. The lowest BCUT2D eigenvalue weighted by atomic mass is 10.1. The van der Waals surface area contributed by atoms with Gasteiger partial charge in [-0.3, -0.25) is 9.59 Å². The van der Waals surface area contributed by atoms with Crippen molar-refractivity contribution in [3.05, 3.63) is 77.4 Å². The summed E-state index contributed by atoms with van der Waals surface area (Å²) < 4.78 is 15.4. The third kappa shape index (κ3) is 3.72. The molecule has 1 aromatic heterocycles. The van der Waals surface area contributed by atoms with E-state index < -0.39 is 5.82 Å². The van der Waals surface area contributed by atoms with Gasteiger partial charge in [0.15, 0.2) is 0 Å². The molecular formula is C20H19FN4O2. The molecule has 138 valence electrons. The van der Waals surface area contributed by atoms with Crippen molar-refractivity contribution >= 4 is 17.5 Å². The molecule has 0 atom stereocenters. The topological polar surface area (TPSA) is 67.2 Å². The Kier molecular flexibility index (Phi) is 5.03. The van der Waals surface area contributed by atoms with Gasteiger partial charge < -0.3 is 10.2 Å². The van der Waals surface area contributed by atoms with E-state index in [1.807, 2.05) is 0 Å². The molecule has 0 aliphatic rings. The summed E-state index contributed by atoms with van der Waals surface area (Å²) in [5, 5.41) is 6.89. The maximum Gasteiger partial charge on any atom is 0.259 e. The second-order valence-electron chi connectivity index (χ2n) is 6.24. The number of rotatable bonds is 4. The highest BCUT2D eigenvalue weighted by molar-refractivity contribution is 6.05. The highest BCUT2D eigenvalue weighted by Crippen LogP contribution is 2.19. The summed E-state index contributed by atoms with van der Waals surface area (Å²) in [7, 11) is 3.32. The number of amides is 2. The van der Waals surface area contributed by atoms with Crippen molar-refractivity contribution < 1.29 is 14.0 Å². The number of halogens is 1. The molecular weight excluding hydrogens is 347 g/mol. The Morgan fingerprint density at radius 2 is 1.85 bits per heavy atom. The molecule has 0 saturated carbocycles. The summed E-state index contributed by atoms with van der Waals surface area (Å²) in [6.07, 6.45) is 1.39. The van der Waals surface area contributed by atoms with Crippen LogP contribution in [0.15, 0.2) is 54.7 Å². The van der Waals surface area contributed by atoms with Crippen LogP contribution < -0.4 is 5.32 Å². The van der Waals surface area contributed by atoms with Crippen LogP contribution in [-0.4, -0.2) is 40.6 Å². The van der Waals surface area contributed by atoms with E-state index in [0.717, 1.165) is 0 Å². The van der Waals surface area contributed by atoms with Gasteiger partial charge in [0, 0.05) is 25.3 Å². The number of nitrogens with one attached hydrogen (secondary N) is 1. The van der Waals surface area contributed by atoms with Crippen LogP contribution in [0.4, 0.5) is 10.1 Å². The molecule has 0 radical (unpaired) electrons. The summed E-state index contributed by atoms with van der Waals surface area (Å²) in [4.78, 5) is 26.2. The molecule has 6 nitrogen and oxygen atoms in total. The van der Waals surface area contributed by atoms with Crippen molar-refractivity contribution in [2.24, 2.45) is 0 Å². The van der Waals surface area contributed by atoms with Gasteiger partial charge in [0.05, 0.1) is 17.5 Å². The largest absolute Gasteiger partial charge is 0.345 e. The van der Waals surface area contributed by atoms with Crippen LogP contribution in [0.5, 0.6) is 0 Å². The summed E-state index contributed by atoms with van der Waals surface area (Å²) in [5.41, 5.74) is 2.07. The first-order chi connectivity index (χ1) is 12.9. The van der Waals surface area contributed by atoms with Gasteiger partial charge in [0.2, 0.25) is 0 Å². The number of hydrogen-bond donors (Lipinski definition) is 1. The van der Waals surface area contributed by atoms with E-state index in [9.17, 15) is 14.0 Å². The molecule has 0 aliphatic heterocycles. The fraction of sp³-hybridized carbons (Fsp3) is 0.150. The summed E-state index contributed by atoms with van der Waals surface area (Å²) in [6, 6.07) is 12.9. The molecule has 0 fully saturated rings. The molecule has 7 heteroatoms. The first kappa shape index (κ1) is 18.3. The third-order valence-electron chi connectivity index (χ3n) is 4.11. The monoisotopic (exact) mass is 366 g/mol. The Bertz CT molecular complexity index is 1010. The number of para-hydroxylation sites is 1. The SMILES string of the molecule is Cc1c(C(=O)Nc2cccc(C(=O)N(C)C)c2)cnn1-c1ccccc1F. The fourth-order valence-electron chi connectivity index (χ4n) is 2.69. The number of carbonyl (C=O) groups is 2. The third-order valence-corrected chi connectivity index (χ3v) is 4.11. The average molecular weight is 366 g/mol. The van der Waals surface area contributed by atoms with Crippen LogP contribution in [-0.2, 0) is 0 Å². The van der Waals surface area contributed by atoms with Crippen molar-refractivity contribution in [3.63, 3.8) is 0 Å². The van der Waals surface area contributed by atoms with E-state index in [2.05, 4.69) is 10.4 Å². The minimum atomic E-state index is -0.425. The second-order valence-corrected chi connectivity index (χ2v) is 6.24. The minimum Gasteiger partial charge on any atom is -0.345 e. The molecule has 0 unspecified atom stereocenters. The van der Waals surface area contributed by atoms with Crippen molar-refractivity contribution in [2.45, 2.75) is 6.92 Å². The summed E-state index contributed by atoms with van der Waals surface area (Å²) in [5.74, 6) is -0.968. The Hall–Kier alpha value is -3.48. The Balaban J connectivity index is 1.85. The maximum atomic E-state index is 14.0. The predicted molar refractivity (Wildman–Crippen MR) is 101 cm³/mol. The number of benzene rings is 2. The molecule has 1 heterocycles. The lowest BCUT2D eigenvalue weighted by Crippen LogP contribution is -2.22. The lowest BCUT2D eigenvalue weighted by Gasteiger charge is -2.12. The number of hydrogen-bond acceptors (Lipinski definition) is 3. The molecule has 0 bridgehead atoms.